The van der Waals surface area contributed by atoms with Gasteiger partial charge in [0.25, 0.3) is 0 Å². The first-order valence-corrected chi connectivity index (χ1v) is 13.8. The predicted molar refractivity (Wildman–Crippen MR) is 144 cm³/mol. The van der Waals surface area contributed by atoms with Crippen LogP contribution in [0.15, 0.2) is 18.2 Å². The molecule has 2 N–H and O–H groups in total. The van der Waals surface area contributed by atoms with E-state index >= 15 is 0 Å². The average Bonchev–Trinajstić information content (AvgIpc) is 2.82. The Morgan fingerprint density at radius 3 is 1.95 bits per heavy atom. The first-order chi connectivity index (χ1) is 18.0. The molecule has 0 aliphatic carbocycles. The number of ether oxygens (including phenoxy) is 3. The number of unbranched alkanes of at least 4 members (excludes halogenated alkanes) is 4. The Kier molecular flexibility index (Phi) is 16.0. The molecular weight excluding hydrogens is 490 g/mol. The summed E-state index contributed by atoms with van der Waals surface area (Å²) in [5.74, 6) is -1.87. The topological polar surface area (TPSA) is 128 Å². The van der Waals surface area contributed by atoms with Gasteiger partial charge < -0.3 is 24.6 Å². The molecular formula is C29H45NO8. The molecule has 9 heteroatoms. The molecule has 0 aliphatic heterocycles. The molecule has 1 rings (SSSR count). The molecule has 9 nitrogen and oxygen atoms in total. The van der Waals surface area contributed by atoms with E-state index in [0.717, 1.165) is 25.7 Å². The van der Waals surface area contributed by atoms with E-state index < -0.39 is 30.1 Å². The first kappa shape index (κ1) is 33.1. The maximum Gasteiger partial charge on any atom is 0.321 e. The second-order valence-corrected chi connectivity index (χ2v) is 10.0. The Hall–Kier alpha value is -2.94. The van der Waals surface area contributed by atoms with E-state index in [9.17, 15) is 24.3 Å². The van der Waals surface area contributed by atoms with Crippen molar-refractivity contribution in [3.63, 3.8) is 0 Å². The molecule has 2 atom stereocenters. The molecule has 0 bridgehead atoms. The van der Waals surface area contributed by atoms with Crippen molar-refractivity contribution in [2.75, 3.05) is 6.54 Å². The largest absolute Gasteiger partial charge is 0.480 e. The summed E-state index contributed by atoms with van der Waals surface area (Å²) >= 11 is 0. The number of benzene rings is 1. The van der Waals surface area contributed by atoms with Gasteiger partial charge in [-0.2, -0.15) is 0 Å². The molecule has 0 aromatic heterocycles. The molecule has 0 spiro atoms. The second kappa shape index (κ2) is 18.3. The van der Waals surface area contributed by atoms with Gasteiger partial charge in [-0.15, -0.1) is 0 Å². The Bertz CT molecular complexity index is 899. The minimum absolute atomic E-state index is 0.0765. The quantitative estimate of drug-likeness (QED) is 0.139. The van der Waals surface area contributed by atoms with Crippen molar-refractivity contribution in [1.82, 2.24) is 5.32 Å². The maximum atomic E-state index is 12.4. The Labute approximate surface area is 226 Å². The Morgan fingerprint density at radius 1 is 0.842 bits per heavy atom. The van der Waals surface area contributed by atoms with E-state index in [1.807, 2.05) is 27.7 Å². The van der Waals surface area contributed by atoms with Crippen molar-refractivity contribution in [2.45, 2.75) is 111 Å². The van der Waals surface area contributed by atoms with Gasteiger partial charge in [-0.3, -0.25) is 19.2 Å². The van der Waals surface area contributed by atoms with Crippen LogP contribution in [0.4, 0.5) is 0 Å². The van der Waals surface area contributed by atoms with Gasteiger partial charge in [0.15, 0.2) is 11.5 Å². The summed E-state index contributed by atoms with van der Waals surface area (Å²) in [5, 5.41) is 12.7. The summed E-state index contributed by atoms with van der Waals surface area (Å²) in [6.45, 7) is 9.77. The fourth-order valence-corrected chi connectivity index (χ4v) is 3.67. The molecule has 1 aromatic rings. The number of carboxylic acids is 1. The van der Waals surface area contributed by atoms with Gasteiger partial charge in [0.2, 0.25) is 0 Å². The zero-order valence-electron chi connectivity index (χ0n) is 23.5. The monoisotopic (exact) mass is 535 g/mol. The van der Waals surface area contributed by atoms with Crippen molar-refractivity contribution in [3.05, 3.63) is 23.8 Å². The van der Waals surface area contributed by atoms with Gasteiger partial charge in [0.1, 0.15) is 12.1 Å². The minimum Gasteiger partial charge on any atom is -0.480 e. The number of rotatable bonds is 19. The lowest BCUT2D eigenvalue weighted by molar-refractivity contribution is -0.149. The highest BCUT2D eigenvalue weighted by Gasteiger charge is 2.22. The standard InChI is InChI=1S/C29H45NO8/c1-6-8-10-12-26(31)37-24-15-14-22(18-25(24)38-27(32)13-11-9-7-2)17-23(29(34)35)30-19-21(5)36-28(33)16-20(3)4/h14-15,18,20-21,23,30H,6-13,16-17,19H2,1-5H3,(H,34,35)/t21?,23-/m0/s1. The fraction of sp³-hybridized carbons (Fsp3) is 0.655. The van der Waals surface area contributed by atoms with Crippen LogP contribution in [0.1, 0.15) is 98.0 Å². The number of esters is 3. The zero-order chi connectivity index (χ0) is 28.5. The number of hydrogen-bond acceptors (Lipinski definition) is 8. The van der Waals surface area contributed by atoms with E-state index in [1.54, 1.807) is 13.0 Å². The third-order valence-corrected chi connectivity index (χ3v) is 5.72. The summed E-state index contributed by atoms with van der Waals surface area (Å²) in [4.78, 5) is 48.5. The van der Waals surface area contributed by atoms with E-state index in [1.165, 1.54) is 12.1 Å². The summed E-state index contributed by atoms with van der Waals surface area (Å²) in [6.07, 6.45) is 5.48. The summed E-state index contributed by atoms with van der Waals surface area (Å²) in [7, 11) is 0. The third kappa shape index (κ3) is 14.1. The lowest BCUT2D eigenvalue weighted by Crippen LogP contribution is -2.42. The number of nitrogens with one attached hydrogen (secondary N) is 1. The normalized spacial score (nSPS) is 12.6. The molecule has 1 aromatic carbocycles. The molecule has 0 amide bonds. The van der Waals surface area contributed by atoms with Crippen LogP contribution in [0.25, 0.3) is 0 Å². The highest BCUT2D eigenvalue weighted by molar-refractivity contribution is 5.77. The number of carbonyl (C=O) groups excluding carboxylic acids is 3. The highest BCUT2D eigenvalue weighted by Crippen LogP contribution is 2.30. The van der Waals surface area contributed by atoms with Crippen LogP contribution in [0.3, 0.4) is 0 Å². The van der Waals surface area contributed by atoms with Crippen LogP contribution in [0.5, 0.6) is 11.5 Å². The number of hydrogen-bond donors (Lipinski definition) is 2. The second-order valence-electron chi connectivity index (χ2n) is 10.0. The fourth-order valence-electron chi connectivity index (χ4n) is 3.67. The lowest BCUT2D eigenvalue weighted by Gasteiger charge is -2.19. The third-order valence-electron chi connectivity index (χ3n) is 5.72. The molecule has 0 saturated carbocycles. The van der Waals surface area contributed by atoms with Crippen molar-refractivity contribution in [3.8, 4) is 11.5 Å². The summed E-state index contributed by atoms with van der Waals surface area (Å²) < 4.78 is 16.3. The van der Waals surface area contributed by atoms with E-state index in [4.69, 9.17) is 14.2 Å². The smallest absolute Gasteiger partial charge is 0.321 e. The van der Waals surface area contributed by atoms with Crippen LogP contribution in [-0.4, -0.2) is 47.7 Å². The minimum atomic E-state index is -1.07. The first-order valence-electron chi connectivity index (χ1n) is 13.8. The van der Waals surface area contributed by atoms with Crippen molar-refractivity contribution < 1.29 is 38.5 Å². The summed E-state index contributed by atoms with van der Waals surface area (Å²) in [6, 6.07) is 3.73. The van der Waals surface area contributed by atoms with Gasteiger partial charge in [-0.25, -0.2) is 0 Å². The molecule has 0 heterocycles. The van der Waals surface area contributed by atoms with Crippen molar-refractivity contribution in [2.24, 2.45) is 5.92 Å². The van der Waals surface area contributed by atoms with E-state index in [-0.39, 0.29) is 49.2 Å². The van der Waals surface area contributed by atoms with Crippen LogP contribution in [-0.2, 0) is 30.3 Å². The van der Waals surface area contributed by atoms with Gasteiger partial charge in [-0.1, -0.05) is 59.4 Å². The summed E-state index contributed by atoms with van der Waals surface area (Å²) in [5.41, 5.74) is 0.580. The highest BCUT2D eigenvalue weighted by atomic mass is 16.6. The molecule has 0 saturated heterocycles. The van der Waals surface area contributed by atoms with Crippen molar-refractivity contribution in [1.29, 1.82) is 0 Å². The number of aliphatic carboxylic acids is 1. The lowest BCUT2D eigenvalue weighted by atomic mass is 10.0. The van der Waals surface area contributed by atoms with Crippen LogP contribution in [0.2, 0.25) is 0 Å². The molecule has 38 heavy (non-hydrogen) atoms. The van der Waals surface area contributed by atoms with Crippen molar-refractivity contribution >= 4 is 23.9 Å². The molecule has 0 fully saturated rings. The number of carbonyl (C=O) groups is 4. The van der Waals surface area contributed by atoms with Crippen LogP contribution >= 0.6 is 0 Å². The molecule has 0 aliphatic rings. The molecule has 214 valence electrons. The predicted octanol–water partition coefficient (Wildman–Crippen LogP) is 5.22. The van der Waals surface area contributed by atoms with E-state index in [0.29, 0.717) is 24.8 Å². The van der Waals surface area contributed by atoms with Gasteiger partial charge >= 0.3 is 23.9 Å². The molecule has 0 radical (unpaired) electrons. The molecule has 1 unspecified atom stereocenters. The van der Waals surface area contributed by atoms with Crippen LogP contribution in [0, 0.1) is 5.92 Å². The van der Waals surface area contributed by atoms with E-state index in [2.05, 4.69) is 5.32 Å². The average molecular weight is 536 g/mol. The zero-order valence-corrected chi connectivity index (χ0v) is 23.5. The maximum absolute atomic E-state index is 12.4. The Morgan fingerprint density at radius 2 is 1.42 bits per heavy atom. The van der Waals surface area contributed by atoms with Gasteiger partial charge in [-0.05, 0) is 49.8 Å². The van der Waals surface area contributed by atoms with Crippen LogP contribution < -0.4 is 14.8 Å². The SMILES string of the molecule is CCCCCC(=O)Oc1ccc(C[C@H](NCC(C)OC(=O)CC(C)C)C(=O)O)cc1OC(=O)CCCCC. The Balaban J connectivity index is 2.94. The number of carboxylic acid groups (broad SMARTS) is 1. The van der Waals surface area contributed by atoms with Gasteiger partial charge in [0.05, 0.1) is 0 Å². The van der Waals surface area contributed by atoms with Gasteiger partial charge in [0, 0.05) is 25.8 Å².